The monoisotopic (exact) mass is 469 g/mol. The van der Waals surface area contributed by atoms with Crippen molar-refractivity contribution in [3.05, 3.63) is 53.6 Å². The highest BCUT2D eigenvalue weighted by molar-refractivity contribution is 5.90. The molecule has 180 valence electrons. The number of anilines is 4. The third-order valence-electron chi connectivity index (χ3n) is 5.73. The first kappa shape index (κ1) is 24.0. The standard InChI is InChI=1S/C27H31N7O/c1-4-6-14-29-25-32-26(30-15-7-5-2)34-27(33-25)31-21-12-13-22-18(3)24(35-23(22)16-21)20-10-8-19(17-28)9-11-20/h8-13,16H,4-7,14-15H2,1-3H3,(H3,29,30,31,32,33,34). The number of nitrogens with zero attached hydrogens (tertiary/aromatic N) is 4. The Labute approximate surface area is 205 Å². The third kappa shape index (κ3) is 5.87. The molecule has 4 aromatic rings. The quantitative estimate of drug-likeness (QED) is 0.210. The number of hydrogen-bond donors (Lipinski definition) is 3. The van der Waals surface area contributed by atoms with Gasteiger partial charge in [0.25, 0.3) is 0 Å². The SMILES string of the molecule is CCCCNc1nc(NCCCC)nc(Nc2ccc3c(C)c(-c4ccc(C#N)cc4)oc3c2)n1. The van der Waals surface area contributed by atoms with Gasteiger partial charge < -0.3 is 20.4 Å². The lowest BCUT2D eigenvalue weighted by Gasteiger charge is -2.11. The maximum Gasteiger partial charge on any atom is 0.233 e. The van der Waals surface area contributed by atoms with Crippen molar-refractivity contribution in [1.29, 1.82) is 5.26 Å². The van der Waals surface area contributed by atoms with Gasteiger partial charge in [-0.15, -0.1) is 0 Å². The molecule has 3 N–H and O–H groups in total. The molecule has 0 aliphatic rings. The Balaban J connectivity index is 1.59. The van der Waals surface area contributed by atoms with E-state index in [-0.39, 0.29) is 0 Å². The molecular formula is C27H31N7O. The van der Waals surface area contributed by atoms with Crippen molar-refractivity contribution in [3.8, 4) is 17.4 Å². The first-order valence-electron chi connectivity index (χ1n) is 12.2. The van der Waals surface area contributed by atoms with Gasteiger partial charge >= 0.3 is 0 Å². The summed E-state index contributed by atoms with van der Waals surface area (Å²) in [6.07, 6.45) is 4.28. The Morgan fingerprint density at radius 1 is 0.857 bits per heavy atom. The summed E-state index contributed by atoms with van der Waals surface area (Å²) in [5, 5.41) is 20.0. The van der Waals surface area contributed by atoms with Crippen molar-refractivity contribution in [3.63, 3.8) is 0 Å². The number of nitrogens with one attached hydrogen (secondary N) is 3. The molecule has 0 atom stereocenters. The van der Waals surface area contributed by atoms with E-state index in [2.05, 4.69) is 50.8 Å². The van der Waals surface area contributed by atoms with Crippen LogP contribution in [0.5, 0.6) is 0 Å². The van der Waals surface area contributed by atoms with E-state index in [4.69, 9.17) is 9.68 Å². The molecule has 8 heteroatoms. The zero-order valence-corrected chi connectivity index (χ0v) is 20.5. The average Bonchev–Trinajstić information content (AvgIpc) is 3.20. The fourth-order valence-electron chi connectivity index (χ4n) is 3.75. The van der Waals surface area contributed by atoms with Gasteiger partial charge in [0.05, 0.1) is 11.6 Å². The van der Waals surface area contributed by atoms with Gasteiger partial charge in [-0.25, -0.2) is 0 Å². The normalized spacial score (nSPS) is 10.8. The molecule has 0 unspecified atom stereocenters. The van der Waals surface area contributed by atoms with E-state index < -0.39 is 0 Å². The Kier molecular flexibility index (Phi) is 7.78. The molecule has 2 aromatic carbocycles. The summed E-state index contributed by atoms with van der Waals surface area (Å²) in [5.41, 5.74) is 4.21. The molecule has 0 aliphatic heterocycles. The Morgan fingerprint density at radius 2 is 1.49 bits per heavy atom. The van der Waals surface area contributed by atoms with E-state index in [1.165, 1.54) is 0 Å². The minimum atomic E-state index is 0.466. The molecule has 4 rings (SSSR count). The Morgan fingerprint density at radius 3 is 2.09 bits per heavy atom. The van der Waals surface area contributed by atoms with Crippen molar-refractivity contribution >= 4 is 34.5 Å². The van der Waals surface area contributed by atoms with Crippen LogP contribution < -0.4 is 16.0 Å². The molecule has 0 saturated heterocycles. The van der Waals surface area contributed by atoms with Gasteiger partial charge in [0.1, 0.15) is 11.3 Å². The van der Waals surface area contributed by atoms with Crippen LogP contribution in [0.2, 0.25) is 0 Å². The Hall–Kier alpha value is -4.12. The topological polar surface area (TPSA) is 112 Å². The first-order valence-corrected chi connectivity index (χ1v) is 12.2. The molecule has 35 heavy (non-hydrogen) atoms. The number of benzene rings is 2. The number of rotatable bonds is 11. The van der Waals surface area contributed by atoms with Gasteiger partial charge in [-0.1, -0.05) is 26.7 Å². The van der Waals surface area contributed by atoms with Crippen LogP contribution in [0.15, 0.2) is 46.9 Å². The van der Waals surface area contributed by atoms with Crippen LogP contribution in [-0.2, 0) is 0 Å². The predicted octanol–water partition coefficient (Wildman–Crippen LogP) is 6.63. The largest absolute Gasteiger partial charge is 0.456 e. The van der Waals surface area contributed by atoms with Crippen LogP contribution in [0, 0.1) is 18.3 Å². The molecule has 0 saturated carbocycles. The second kappa shape index (κ2) is 11.3. The van der Waals surface area contributed by atoms with Crippen LogP contribution in [0.25, 0.3) is 22.3 Å². The summed E-state index contributed by atoms with van der Waals surface area (Å²) in [6.45, 7) is 7.97. The minimum Gasteiger partial charge on any atom is -0.456 e. The molecule has 2 aromatic heterocycles. The highest BCUT2D eigenvalue weighted by atomic mass is 16.3. The lowest BCUT2D eigenvalue weighted by atomic mass is 10.1. The number of fused-ring (bicyclic) bond motifs is 1. The molecule has 0 fully saturated rings. The van der Waals surface area contributed by atoms with E-state index >= 15 is 0 Å². The maximum atomic E-state index is 9.06. The van der Waals surface area contributed by atoms with Crippen molar-refractivity contribution in [1.82, 2.24) is 15.0 Å². The highest BCUT2D eigenvalue weighted by Crippen LogP contribution is 2.34. The first-order chi connectivity index (χ1) is 17.1. The van der Waals surface area contributed by atoms with E-state index in [9.17, 15) is 0 Å². The second-order valence-corrected chi connectivity index (χ2v) is 8.45. The van der Waals surface area contributed by atoms with Crippen molar-refractivity contribution in [2.45, 2.75) is 46.5 Å². The number of furan rings is 1. The van der Waals surface area contributed by atoms with Gasteiger partial charge in [0.2, 0.25) is 17.8 Å². The molecule has 0 amide bonds. The summed E-state index contributed by atoms with van der Waals surface area (Å²) >= 11 is 0. The van der Waals surface area contributed by atoms with Crippen LogP contribution in [0.1, 0.15) is 50.7 Å². The van der Waals surface area contributed by atoms with Gasteiger partial charge in [-0.2, -0.15) is 20.2 Å². The van der Waals surface area contributed by atoms with E-state index in [0.29, 0.717) is 23.4 Å². The van der Waals surface area contributed by atoms with E-state index in [1.54, 1.807) is 12.1 Å². The fraction of sp³-hybridized carbons (Fsp3) is 0.333. The second-order valence-electron chi connectivity index (χ2n) is 8.45. The lowest BCUT2D eigenvalue weighted by Crippen LogP contribution is -2.12. The van der Waals surface area contributed by atoms with Crippen molar-refractivity contribution in [2.75, 3.05) is 29.0 Å². The van der Waals surface area contributed by atoms with Gasteiger partial charge in [-0.05, 0) is 56.2 Å². The van der Waals surface area contributed by atoms with Crippen LogP contribution in [0.4, 0.5) is 23.5 Å². The van der Waals surface area contributed by atoms with E-state index in [0.717, 1.165) is 72.3 Å². The van der Waals surface area contributed by atoms with Crippen LogP contribution >= 0.6 is 0 Å². The molecule has 8 nitrogen and oxygen atoms in total. The maximum absolute atomic E-state index is 9.06. The predicted molar refractivity (Wildman–Crippen MR) is 141 cm³/mol. The molecule has 0 bridgehead atoms. The number of aromatic nitrogens is 3. The number of unbranched alkanes of at least 4 members (excludes halogenated alkanes) is 2. The summed E-state index contributed by atoms with van der Waals surface area (Å²) in [6, 6.07) is 15.5. The molecule has 0 spiro atoms. The fourth-order valence-corrected chi connectivity index (χ4v) is 3.75. The number of aryl methyl sites for hydroxylation is 1. The summed E-state index contributed by atoms with van der Waals surface area (Å²) in [4.78, 5) is 13.6. The lowest BCUT2D eigenvalue weighted by molar-refractivity contribution is 0.629. The van der Waals surface area contributed by atoms with Gasteiger partial charge in [0.15, 0.2) is 0 Å². The van der Waals surface area contributed by atoms with Crippen LogP contribution in [-0.4, -0.2) is 28.0 Å². The zero-order chi connectivity index (χ0) is 24.6. The molecule has 2 heterocycles. The zero-order valence-electron chi connectivity index (χ0n) is 20.5. The number of nitriles is 1. The summed E-state index contributed by atoms with van der Waals surface area (Å²) < 4.78 is 6.21. The van der Waals surface area contributed by atoms with E-state index in [1.807, 2.05) is 37.3 Å². The third-order valence-corrected chi connectivity index (χ3v) is 5.73. The molecule has 0 aliphatic carbocycles. The smallest absolute Gasteiger partial charge is 0.233 e. The van der Waals surface area contributed by atoms with Gasteiger partial charge in [0, 0.05) is 41.4 Å². The van der Waals surface area contributed by atoms with Crippen molar-refractivity contribution in [2.24, 2.45) is 0 Å². The van der Waals surface area contributed by atoms with Crippen LogP contribution in [0.3, 0.4) is 0 Å². The molecular weight excluding hydrogens is 438 g/mol. The Bertz CT molecular complexity index is 1290. The molecule has 0 radical (unpaired) electrons. The summed E-state index contributed by atoms with van der Waals surface area (Å²) in [7, 11) is 0. The average molecular weight is 470 g/mol. The summed E-state index contributed by atoms with van der Waals surface area (Å²) in [5.74, 6) is 2.36. The van der Waals surface area contributed by atoms with Crippen molar-refractivity contribution < 1.29 is 4.42 Å². The highest BCUT2D eigenvalue weighted by Gasteiger charge is 2.14. The van der Waals surface area contributed by atoms with Gasteiger partial charge in [-0.3, -0.25) is 0 Å². The minimum absolute atomic E-state index is 0.466. The number of hydrogen-bond acceptors (Lipinski definition) is 8.